The highest BCUT2D eigenvalue weighted by Gasteiger charge is 2.23. The summed E-state index contributed by atoms with van der Waals surface area (Å²) in [5.41, 5.74) is 1.88. The van der Waals surface area contributed by atoms with Gasteiger partial charge in [0.25, 0.3) is 0 Å². The molecule has 1 aliphatic carbocycles. The average molecular weight is 252 g/mol. The summed E-state index contributed by atoms with van der Waals surface area (Å²) in [5, 5.41) is 0.585. The molecular formula is C13H14ClNO2. The van der Waals surface area contributed by atoms with Crippen LogP contribution in [-0.2, 0) is 11.3 Å². The van der Waals surface area contributed by atoms with E-state index in [1.807, 2.05) is 19.1 Å². The van der Waals surface area contributed by atoms with Crippen LogP contribution in [-0.4, -0.2) is 12.7 Å². The zero-order chi connectivity index (χ0) is 12.3. The number of aliphatic imine (C=N–C) groups is 1. The number of aryl methyl sites for hydroxylation is 1. The number of isocyanates is 1. The Kier molecular flexibility index (Phi) is 3.82. The Morgan fingerprint density at radius 3 is 2.94 bits per heavy atom. The lowest BCUT2D eigenvalue weighted by Crippen LogP contribution is -2.02. The fourth-order valence-corrected chi connectivity index (χ4v) is 2.03. The van der Waals surface area contributed by atoms with Crippen LogP contribution in [0.5, 0.6) is 5.75 Å². The van der Waals surface area contributed by atoms with Gasteiger partial charge in [-0.15, -0.1) is 0 Å². The molecule has 1 saturated carbocycles. The molecule has 0 saturated heterocycles. The predicted molar refractivity (Wildman–Crippen MR) is 66.2 cm³/mol. The van der Waals surface area contributed by atoms with Gasteiger partial charge in [0.05, 0.1) is 18.2 Å². The van der Waals surface area contributed by atoms with Crippen molar-refractivity contribution in [3.05, 3.63) is 28.3 Å². The minimum Gasteiger partial charge on any atom is -0.491 e. The summed E-state index contributed by atoms with van der Waals surface area (Å²) in [7, 11) is 0. The quantitative estimate of drug-likeness (QED) is 0.595. The van der Waals surface area contributed by atoms with Crippen LogP contribution >= 0.6 is 11.6 Å². The lowest BCUT2D eigenvalue weighted by molar-refractivity contribution is 0.297. The monoisotopic (exact) mass is 251 g/mol. The van der Waals surface area contributed by atoms with Crippen LogP contribution < -0.4 is 4.74 Å². The molecule has 0 radical (unpaired) electrons. The van der Waals surface area contributed by atoms with Crippen molar-refractivity contribution < 1.29 is 9.53 Å². The Morgan fingerprint density at radius 2 is 2.29 bits per heavy atom. The van der Waals surface area contributed by atoms with Gasteiger partial charge in [-0.2, -0.15) is 0 Å². The van der Waals surface area contributed by atoms with Gasteiger partial charge in [0.15, 0.2) is 0 Å². The normalized spacial score (nSPS) is 14.2. The highest BCUT2D eigenvalue weighted by atomic mass is 35.5. The molecule has 0 aliphatic heterocycles. The second-order valence-electron chi connectivity index (χ2n) is 4.40. The number of carbonyl (C=O) groups excluding carboxylic acids is 1. The lowest BCUT2D eigenvalue weighted by atomic mass is 10.1. The van der Waals surface area contributed by atoms with Crippen LogP contribution in [0, 0.1) is 12.8 Å². The Morgan fingerprint density at radius 1 is 1.53 bits per heavy atom. The third-order valence-corrected chi connectivity index (χ3v) is 3.02. The van der Waals surface area contributed by atoms with Crippen molar-refractivity contribution >= 4 is 17.7 Å². The topological polar surface area (TPSA) is 38.7 Å². The highest BCUT2D eigenvalue weighted by Crippen LogP contribution is 2.34. The van der Waals surface area contributed by atoms with E-state index in [1.165, 1.54) is 18.9 Å². The molecule has 0 N–H and O–H groups in total. The molecule has 1 fully saturated rings. The Hall–Kier alpha value is -1.31. The van der Waals surface area contributed by atoms with Gasteiger partial charge in [-0.3, -0.25) is 0 Å². The second-order valence-corrected chi connectivity index (χ2v) is 4.80. The molecule has 3 nitrogen and oxygen atoms in total. The summed E-state index contributed by atoms with van der Waals surface area (Å²) >= 11 is 6.15. The first-order valence-electron chi connectivity index (χ1n) is 5.66. The van der Waals surface area contributed by atoms with Gasteiger partial charge in [0.2, 0.25) is 6.08 Å². The molecule has 0 heterocycles. The van der Waals surface area contributed by atoms with Crippen molar-refractivity contribution in [3.8, 4) is 5.75 Å². The Bertz CT molecular complexity index is 463. The van der Waals surface area contributed by atoms with E-state index in [0.29, 0.717) is 23.3 Å². The molecule has 0 bridgehead atoms. The van der Waals surface area contributed by atoms with Gasteiger partial charge in [-0.25, -0.2) is 9.79 Å². The number of hydrogen-bond donors (Lipinski definition) is 0. The first-order valence-corrected chi connectivity index (χ1v) is 6.04. The number of benzene rings is 1. The molecule has 0 amide bonds. The summed E-state index contributed by atoms with van der Waals surface area (Å²) in [6.45, 7) is 2.91. The van der Waals surface area contributed by atoms with Crippen LogP contribution in [0.2, 0.25) is 5.02 Å². The highest BCUT2D eigenvalue weighted by molar-refractivity contribution is 6.32. The molecule has 0 atom stereocenters. The van der Waals surface area contributed by atoms with E-state index < -0.39 is 0 Å². The van der Waals surface area contributed by atoms with Crippen molar-refractivity contribution in [2.24, 2.45) is 10.9 Å². The largest absolute Gasteiger partial charge is 0.491 e. The average Bonchev–Trinajstić information content (AvgIpc) is 3.08. The minimum absolute atomic E-state index is 0.269. The van der Waals surface area contributed by atoms with E-state index in [-0.39, 0.29) is 6.54 Å². The first kappa shape index (κ1) is 12.2. The maximum Gasteiger partial charge on any atom is 0.235 e. The van der Waals surface area contributed by atoms with Crippen LogP contribution in [0.15, 0.2) is 17.1 Å². The third kappa shape index (κ3) is 3.32. The Labute approximate surface area is 105 Å². The van der Waals surface area contributed by atoms with Crippen molar-refractivity contribution in [3.63, 3.8) is 0 Å². The maximum atomic E-state index is 10.2. The molecule has 0 unspecified atom stereocenters. The van der Waals surface area contributed by atoms with Crippen LogP contribution in [0.1, 0.15) is 24.0 Å². The predicted octanol–water partition coefficient (Wildman–Crippen LogP) is 3.27. The van der Waals surface area contributed by atoms with Gasteiger partial charge >= 0.3 is 0 Å². The lowest BCUT2D eigenvalue weighted by Gasteiger charge is -2.12. The number of nitrogens with zero attached hydrogens (tertiary/aromatic N) is 1. The van der Waals surface area contributed by atoms with Gasteiger partial charge in [-0.1, -0.05) is 17.7 Å². The van der Waals surface area contributed by atoms with Crippen molar-refractivity contribution in [2.45, 2.75) is 26.3 Å². The standard InChI is InChI=1S/C13H14ClNO2/c1-9-4-11(6-15-8-16)13(12(14)5-9)17-7-10-2-3-10/h4-5,10H,2-3,6-7H2,1H3. The first-order chi connectivity index (χ1) is 8.20. The molecule has 17 heavy (non-hydrogen) atoms. The molecule has 2 rings (SSSR count). The van der Waals surface area contributed by atoms with Gasteiger partial charge in [0.1, 0.15) is 5.75 Å². The zero-order valence-electron chi connectivity index (χ0n) is 9.70. The van der Waals surface area contributed by atoms with Gasteiger partial charge in [0, 0.05) is 5.56 Å². The molecule has 1 aliphatic rings. The number of halogens is 1. The van der Waals surface area contributed by atoms with E-state index >= 15 is 0 Å². The van der Waals surface area contributed by atoms with E-state index in [2.05, 4.69) is 4.99 Å². The summed E-state index contributed by atoms with van der Waals surface area (Å²) < 4.78 is 5.72. The molecule has 90 valence electrons. The SMILES string of the molecule is Cc1cc(Cl)c(OCC2CC2)c(CN=C=O)c1. The van der Waals surface area contributed by atoms with Gasteiger partial charge in [-0.05, 0) is 37.3 Å². The molecule has 1 aromatic rings. The Balaban J connectivity index is 2.21. The molecule has 0 spiro atoms. The number of hydrogen-bond acceptors (Lipinski definition) is 3. The maximum absolute atomic E-state index is 10.2. The van der Waals surface area contributed by atoms with Crippen molar-refractivity contribution in [1.29, 1.82) is 0 Å². The number of rotatable bonds is 5. The van der Waals surface area contributed by atoms with Gasteiger partial charge < -0.3 is 4.74 Å². The van der Waals surface area contributed by atoms with E-state index in [1.54, 1.807) is 0 Å². The molecular weight excluding hydrogens is 238 g/mol. The van der Waals surface area contributed by atoms with Crippen LogP contribution in [0.25, 0.3) is 0 Å². The molecule has 0 aromatic heterocycles. The second kappa shape index (κ2) is 5.35. The van der Waals surface area contributed by atoms with E-state index in [0.717, 1.165) is 11.1 Å². The zero-order valence-corrected chi connectivity index (χ0v) is 10.5. The summed E-state index contributed by atoms with van der Waals surface area (Å²) in [6.07, 6.45) is 3.99. The van der Waals surface area contributed by atoms with E-state index in [9.17, 15) is 4.79 Å². The third-order valence-electron chi connectivity index (χ3n) is 2.74. The summed E-state index contributed by atoms with van der Waals surface area (Å²) in [6, 6.07) is 3.80. The fourth-order valence-electron chi connectivity index (χ4n) is 1.68. The summed E-state index contributed by atoms with van der Waals surface area (Å²) in [4.78, 5) is 13.8. The van der Waals surface area contributed by atoms with E-state index in [4.69, 9.17) is 16.3 Å². The van der Waals surface area contributed by atoms with Crippen molar-refractivity contribution in [2.75, 3.05) is 6.61 Å². The van der Waals surface area contributed by atoms with Crippen molar-refractivity contribution in [1.82, 2.24) is 0 Å². The minimum atomic E-state index is 0.269. The summed E-state index contributed by atoms with van der Waals surface area (Å²) in [5.74, 6) is 1.32. The fraction of sp³-hybridized carbons (Fsp3) is 0.462. The number of ether oxygens (including phenoxy) is 1. The van der Waals surface area contributed by atoms with Crippen LogP contribution in [0.3, 0.4) is 0 Å². The molecule has 4 heteroatoms. The van der Waals surface area contributed by atoms with Crippen LogP contribution in [0.4, 0.5) is 0 Å². The molecule has 1 aromatic carbocycles. The smallest absolute Gasteiger partial charge is 0.235 e.